The smallest absolute Gasteiger partial charge is 0.407 e. The highest BCUT2D eigenvalue weighted by molar-refractivity contribution is 8.00. The number of aliphatic carboxylic acids is 1. The van der Waals surface area contributed by atoms with Crippen molar-refractivity contribution in [2.75, 3.05) is 12.4 Å². The van der Waals surface area contributed by atoms with E-state index < -0.39 is 41.0 Å². The van der Waals surface area contributed by atoms with E-state index in [0.717, 1.165) is 14.7 Å². The number of carboxylic acid groups (broad SMARTS) is 1. The number of carbonyl (C=O) groups excluding carboxylic acids is 4. The minimum atomic E-state index is -1.29. The Labute approximate surface area is 210 Å². The van der Waals surface area contributed by atoms with Crippen LogP contribution < -0.4 is 10.6 Å². The van der Waals surface area contributed by atoms with Crippen molar-refractivity contribution in [2.24, 2.45) is 0 Å². The summed E-state index contributed by atoms with van der Waals surface area (Å²) in [6.07, 6.45) is -0.494. The van der Waals surface area contributed by atoms with E-state index in [1.807, 2.05) is 0 Å². The number of hydrogen-bond acceptors (Lipinski definition) is 9. The molecule has 13 heteroatoms. The molecule has 0 aromatic carbocycles. The molecule has 3 rings (SSSR count). The van der Waals surface area contributed by atoms with Gasteiger partial charge in [-0.15, -0.1) is 23.1 Å². The Kier molecular flexibility index (Phi) is 8.11. The Hall–Kier alpha value is -3.06. The normalized spacial score (nSPS) is 19.4. The number of alkyl carbamates (subject to hydrolysis) is 1. The van der Waals surface area contributed by atoms with Crippen LogP contribution in [0.1, 0.15) is 37.4 Å². The third-order valence-electron chi connectivity index (χ3n) is 4.87. The first-order chi connectivity index (χ1) is 16.4. The maximum Gasteiger partial charge on any atom is 0.407 e. The van der Waals surface area contributed by atoms with Gasteiger partial charge < -0.3 is 25.2 Å². The van der Waals surface area contributed by atoms with Gasteiger partial charge in [-0.1, -0.05) is 0 Å². The molecule has 2 aliphatic heterocycles. The summed E-state index contributed by atoms with van der Waals surface area (Å²) in [6, 6.07) is 2.73. The van der Waals surface area contributed by atoms with Crippen molar-refractivity contribution in [2.45, 2.75) is 57.7 Å². The van der Waals surface area contributed by atoms with Crippen LogP contribution in [0.5, 0.6) is 0 Å². The monoisotopic (exact) mass is 525 g/mol. The Balaban J connectivity index is 1.54. The molecule has 2 aliphatic rings. The van der Waals surface area contributed by atoms with Crippen LogP contribution in [0.15, 0.2) is 23.4 Å². The molecule has 0 aliphatic carbocycles. The maximum atomic E-state index is 12.7. The van der Waals surface area contributed by atoms with Crippen molar-refractivity contribution in [3.05, 3.63) is 33.2 Å². The summed E-state index contributed by atoms with van der Waals surface area (Å²) in [5, 5.41) is 14.4. The third-order valence-corrected chi connectivity index (χ3v) is 7.30. The second-order valence-electron chi connectivity index (χ2n) is 8.89. The average Bonchev–Trinajstić information content (AvgIpc) is 3.19. The van der Waals surface area contributed by atoms with Crippen LogP contribution in [0.25, 0.3) is 0 Å². The van der Waals surface area contributed by atoms with Crippen LogP contribution in [-0.2, 0) is 41.6 Å². The summed E-state index contributed by atoms with van der Waals surface area (Å²) in [6.45, 7) is 6.58. The first kappa shape index (κ1) is 26.5. The molecular weight excluding hydrogens is 498 g/mol. The number of thiophene rings is 1. The predicted molar refractivity (Wildman–Crippen MR) is 127 cm³/mol. The highest BCUT2D eigenvalue weighted by Gasteiger charge is 2.54. The SMILES string of the molecule is CC(=O)OCC1=C(C(=O)O)N2C(=O)[C@@H](NC(=O)Cc3ccc(CNC(=O)OC(C)(C)C)s3)[C@@H]2SC1. The van der Waals surface area contributed by atoms with Gasteiger partial charge in [0, 0.05) is 28.0 Å². The number of nitrogens with zero attached hydrogens (tertiary/aromatic N) is 1. The van der Waals surface area contributed by atoms with Crippen molar-refractivity contribution in [3.8, 4) is 0 Å². The Bertz CT molecular complexity index is 1080. The Morgan fingerprint density at radius 2 is 1.89 bits per heavy atom. The number of rotatable bonds is 8. The lowest BCUT2D eigenvalue weighted by molar-refractivity contribution is -0.151. The van der Waals surface area contributed by atoms with Gasteiger partial charge >= 0.3 is 18.0 Å². The molecule has 3 N–H and O–H groups in total. The molecule has 0 unspecified atom stereocenters. The van der Waals surface area contributed by atoms with Crippen LogP contribution in [0.3, 0.4) is 0 Å². The summed E-state index contributed by atoms with van der Waals surface area (Å²) >= 11 is 2.65. The maximum absolute atomic E-state index is 12.7. The van der Waals surface area contributed by atoms with Gasteiger partial charge in [-0.2, -0.15) is 0 Å². The number of esters is 1. The molecular formula is C22H27N3O8S2. The lowest BCUT2D eigenvalue weighted by Crippen LogP contribution is -2.70. The van der Waals surface area contributed by atoms with Crippen molar-refractivity contribution in [1.29, 1.82) is 0 Å². The van der Waals surface area contributed by atoms with Gasteiger partial charge in [-0.3, -0.25) is 19.3 Å². The van der Waals surface area contributed by atoms with Crippen molar-refractivity contribution in [3.63, 3.8) is 0 Å². The number of β-lactam (4-membered cyclic amide) rings is 1. The van der Waals surface area contributed by atoms with Crippen LogP contribution in [0.4, 0.5) is 4.79 Å². The van der Waals surface area contributed by atoms with E-state index in [-0.39, 0.29) is 36.9 Å². The molecule has 1 aromatic heterocycles. The quantitative estimate of drug-likeness (QED) is 0.340. The van der Waals surface area contributed by atoms with E-state index in [1.165, 1.54) is 30.0 Å². The number of nitrogens with one attached hydrogen (secondary N) is 2. The molecule has 3 heterocycles. The molecule has 0 bridgehead atoms. The van der Waals surface area contributed by atoms with E-state index >= 15 is 0 Å². The van der Waals surface area contributed by atoms with Crippen molar-refractivity contribution in [1.82, 2.24) is 15.5 Å². The molecule has 3 amide bonds. The molecule has 0 radical (unpaired) electrons. The second kappa shape index (κ2) is 10.7. The number of thioether (sulfide) groups is 1. The summed E-state index contributed by atoms with van der Waals surface area (Å²) < 4.78 is 10.1. The van der Waals surface area contributed by atoms with E-state index in [2.05, 4.69) is 10.6 Å². The first-order valence-electron chi connectivity index (χ1n) is 10.7. The molecule has 190 valence electrons. The number of carbonyl (C=O) groups is 5. The molecule has 1 fully saturated rings. The minimum absolute atomic E-state index is 0.0393. The van der Waals surface area contributed by atoms with Crippen LogP contribution in [0, 0.1) is 0 Å². The fourth-order valence-electron chi connectivity index (χ4n) is 3.45. The molecule has 2 atom stereocenters. The predicted octanol–water partition coefficient (Wildman–Crippen LogP) is 1.62. The zero-order valence-corrected chi connectivity index (χ0v) is 21.3. The number of carboxylic acids is 1. The minimum Gasteiger partial charge on any atom is -0.477 e. The van der Waals surface area contributed by atoms with Crippen molar-refractivity contribution >= 4 is 52.9 Å². The van der Waals surface area contributed by atoms with Gasteiger partial charge in [0.15, 0.2) is 0 Å². The van der Waals surface area contributed by atoms with Gasteiger partial charge in [0.05, 0.1) is 13.0 Å². The van der Waals surface area contributed by atoms with Gasteiger partial charge in [0.25, 0.3) is 5.91 Å². The lowest BCUT2D eigenvalue weighted by atomic mass is 10.0. The number of hydrogen-bond donors (Lipinski definition) is 3. The largest absolute Gasteiger partial charge is 0.477 e. The van der Waals surface area contributed by atoms with Crippen LogP contribution in [0.2, 0.25) is 0 Å². The Morgan fingerprint density at radius 1 is 1.20 bits per heavy atom. The highest BCUT2D eigenvalue weighted by atomic mass is 32.2. The van der Waals surface area contributed by atoms with Gasteiger partial charge in [-0.05, 0) is 32.9 Å². The lowest BCUT2D eigenvalue weighted by Gasteiger charge is -2.49. The first-order valence-corrected chi connectivity index (χ1v) is 12.6. The van der Waals surface area contributed by atoms with E-state index in [0.29, 0.717) is 5.57 Å². The van der Waals surface area contributed by atoms with Crippen LogP contribution >= 0.6 is 23.1 Å². The Morgan fingerprint density at radius 3 is 2.51 bits per heavy atom. The van der Waals surface area contributed by atoms with Gasteiger partial charge in [0.1, 0.15) is 29.3 Å². The molecule has 35 heavy (non-hydrogen) atoms. The number of ether oxygens (including phenoxy) is 2. The molecule has 0 saturated carbocycles. The third kappa shape index (κ3) is 6.75. The molecule has 11 nitrogen and oxygen atoms in total. The van der Waals surface area contributed by atoms with E-state index in [9.17, 15) is 29.1 Å². The molecule has 0 spiro atoms. The fraction of sp³-hybridized carbons (Fsp3) is 0.500. The van der Waals surface area contributed by atoms with Gasteiger partial charge in [-0.25, -0.2) is 9.59 Å². The van der Waals surface area contributed by atoms with E-state index in [1.54, 1.807) is 32.9 Å². The summed E-state index contributed by atoms with van der Waals surface area (Å²) in [5.41, 5.74) is -0.470. The summed E-state index contributed by atoms with van der Waals surface area (Å²) in [5.74, 6) is -2.48. The standard InChI is InChI=1S/C22H27N3O8S2/c1-11(26)32-9-12-10-34-19-16(18(28)25(19)17(12)20(29)30)24-15(27)7-13-5-6-14(35-13)8-23-21(31)33-22(2,3)4/h5-6,16,19H,7-10H2,1-4H3,(H,23,31)(H,24,27)(H,29,30)/t16-,19+/m1/s1. The fourth-order valence-corrected chi connectivity index (χ4v) is 5.74. The van der Waals surface area contributed by atoms with Crippen molar-refractivity contribution < 1.29 is 38.6 Å². The number of fused-ring (bicyclic) bond motifs is 1. The molecule has 1 saturated heterocycles. The highest BCUT2D eigenvalue weighted by Crippen LogP contribution is 2.40. The topological polar surface area (TPSA) is 151 Å². The average molecular weight is 526 g/mol. The number of amides is 3. The molecule has 1 aromatic rings. The van der Waals surface area contributed by atoms with Gasteiger partial charge in [0.2, 0.25) is 5.91 Å². The summed E-state index contributed by atoms with van der Waals surface area (Å²) in [7, 11) is 0. The zero-order valence-electron chi connectivity index (χ0n) is 19.7. The van der Waals surface area contributed by atoms with Crippen LogP contribution in [-0.4, -0.2) is 69.2 Å². The summed E-state index contributed by atoms with van der Waals surface area (Å²) in [4.78, 5) is 62.6. The zero-order chi connectivity index (χ0) is 25.9. The van der Waals surface area contributed by atoms with E-state index in [4.69, 9.17) is 9.47 Å². The second-order valence-corrected chi connectivity index (χ2v) is 11.3.